The summed E-state index contributed by atoms with van der Waals surface area (Å²) in [5.41, 5.74) is 2.50. The van der Waals surface area contributed by atoms with Crippen molar-refractivity contribution in [1.82, 2.24) is 4.90 Å². The third-order valence-electron chi connectivity index (χ3n) is 6.17. The summed E-state index contributed by atoms with van der Waals surface area (Å²) in [6, 6.07) is 23.2. The van der Waals surface area contributed by atoms with Crippen molar-refractivity contribution in [2.24, 2.45) is 5.92 Å². The Labute approximate surface area is 194 Å². The van der Waals surface area contributed by atoms with Crippen molar-refractivity contribution in [1.29, 1.82) is 0 Å². The third-order valence-corrected chi connectivity index (χ3v) is 6.17. The topological polar surface area (TPSA) is 30.9 Å². The average Bonchev–Trinajstić information content (AvgIpc) is 3.27. The molecule has 2 heterocycles. The zero-order chi connectivity index (χ0) is 21.0. The first-order valence-corrected chi connectivity index (χ1v) is 10.8. The fraction of sp³-hybridized carbons (Fsp3) is 0.308. The van der Waals surface area contributed by atoms with Gasteiger partial charge in [-0.2, -0.15) is 0 Å². The smallest absolute Gasteiger partial charge is 0.231 e. The van der Waals surface area contributed by atoms with E-state index in [9.17, 15) is 4.39 Å². The van der Waals surface area contributed by atoms with E-state index in [4.69, 9.17) is 14.2 Å². The number of halogens is 2. The summed E-state index contributed by atoms with van der Waals surface area (Å²) < 4.78 is 30.5. The molecule has 4 nitrogen and oxygen atoms in total. The van der Waals surface area contributed by atoms with Crippen LogP contribution in [0.4, 0.5) is 4.39 Å². The Kier molecular flexibility index (Phi) is 7.18. The van der Waals surface area contributed by atoms with Gasteiger partial charge in [-0.05, 0) is 54.3 Å². The molecule has 0 aromatic heterocycles. The Morgan fingerprint density at radius 2 is 1.72 bits per heavy atom. The highest BCUT2D eigenvalue weighted by molar-refractivity contribution is 5.85. The molecule has 5 rings (SSSR count). The van der Waals surface area contributed by atoms with E-state index in [1.165, 1.54) is 11.1 Å². The standard InChI is InChI=1S/C26H26FNO3.ClH/c27-22-8-6-20(7-9-22)24-12-13-28(15-19-4-2-1-3-5-19)16-21(24)17-29-23-10-11-25-26(14-23)31-18-30-25;/h1-11,14,21,24H,12-13,15-18H2;1H/t21-,24-;/m0./s1. The first kappa shape index (κ1) is 22.4. The van der Waals surface area contributed by atoms with E-state index >= 15 is 0 Å². The molecular formula is C26H27ClFNO3. The second kappa shape index (κ2) is 10.2. The quantitative estimate of drug-likeness (QED) is 0.480. The lowest BCUT2D eigenvalue weighted by atomic mass is 9.80. The van der Waals surface area contributed by atoms with Gasteiger partial charge >= 0.3 is 0 Å². The first-order valence-electron chi connectivity index (χ1n) is 10.8. The lowest BCUT2D eigenvalue weighted by Crippen LogP contribution is -2.41. The maximum atomic E-state index is 13.5. The van der Waals surface area contributed by atoms with Gasteiger partial charge < -0.3 is 14.2 Å². The number of piperidine rings is 1. The van der Waals surface area contributed by atoms with Crippen molar-refractivity contribution in [3.63, 3.8) is 0 Å². The molecule has 0 unspecified atom stereocenters. The molecule has 0 saturated carbocycles. The second-order valence-electron chi connectivity index (χ2n) is 8.25. The molecule has 0 amide bonds. The lowest BCUT2D eigenvalue weighted by molar-refractivity contribution is 0.106. The normalized spacial score (nSPS) is 19.9. The number of hydrogen-bond donors (Lipinski definition) is 0. The van der Waals surface area contributed by atoms with Crippen molar-refractivity contribution in [3.8, 4) is 17.2 Å². The highest BCUT2D eigenvalue weighted by Crippen LogP contribution is 2.37. The molecule has 0 spiro atoms. The van der Waals surface area contributed by atoms with Gasteiger partial charge in [0, 0.05) is 25.1 Å². The van der Waals surface area contributed by atoms with Crippen LogP contribution >= 0.6 is 12.4 Å². The van der Waals surface area contributed by atoms with Crippen molar-refractivity contribution >= 4 is 12.4 Å². The summed E-state index contributed by atoms with van der Waals surface area (Å²) in [7, 11) is 0. The van der Waals surface area contributed by atoms with E-state index in [1.54, 1.807) is 12.1 Å². The van der Waals surface area contributed by atoms with Gasteiger partial charge in [-0.15, -0.1) is 12.4 Å². The van der Waals surface area contributed by atoms with Crippen LogP contribution in [-0.4, -0.2) is 31.4 Å². The fourth-order valence-corrected chi connectivity index (χ4v) is 4.58. The summed E-state index contributed by atoms with van der Waals surface area (Å²) in [6.45, 7) is 3.71. The molecule has 3 aromatic carbocycles. The minimum Gasteiger partial charge on any atom is -0.493 e. The van der Waals surface area contributed by atoms with Gasteiger partial charge in [-0.1, -0.05) is 42.5 Å². The lowest BCUT2D eigenvalue weighted by Gasteiger charge is -2.39. The van der Waals surface area contributed by atoms with E-state index in [0.717, 1.165) is 43.3 Å². The maximum absolute atomic E-state index is 13.5. The SMILES string of the molecule is Cl.Fc1ccc([C@@H]2CCN(Cc3ccccc3)C[C@H]2COc2ccc3c(c2)OCO3)cc1. The highest BCUT2D eigenvalue weighted by Gasteiger charge is 2.31. The zero-order valence-corrected chi connectivity index (χ0v) is 18.6. The Bertz CT molecular complexity index is 1020. The van der Waals surface area contributed by atoms with Gasteiger partial charge in [0.25, 0.3) is 0 Å². The van der Waals surface area contributed by atoms with Crippen LogP contribution in [0.15, 0.2) is 72.8 Å². The Morgan fingerprint density at radius 1 is 0.938 bits per heavy atom. The Hall–Kier alpha value is -2.76. The molecule has 0 bridgehead atoms. The minimum absolute atomic E-state index is 0. The monoisotopic (exact) mass is 455 g/mol. The Morgan fingerprint density at radius 3 is 2.53 bits per heavy atom. The summed E-state index contributed by atoms with van der Waals surface area (Å²) in [6.07, 6.45) is 1.02. The minimum atomic E-state index is -0.196. The summed E-state index contributed by atoms with van der Waals surface area (Å²) in [5.74, 6) is 2.70. The number of rotatable bonds is 6. The molecule has 1 saturated heterocycles. The van der Waals surface area contributed by atoms with Crippen LogP contribution in [0.2, 0.25) is 0 Å². The second-order valence-corrected chi connectivity index (χ2v) is 8.25. The summed E-state index contributed by atoms with van der Waals surface area (Å²) in [5, 5.41) is 0. The van der Waals surface area contributed by atoms with Crippen molar-refractivity contribution in [3.05, 3.63) is 89.7 Å². The molecule has 6 heteroatoms. The van der Waals surface area contributed by atoms with Crippen LogP contribution in [0.1, 0.15) is 23.5 Å². The predicted molar refractivity (Wildman–Crippen MR) is 124 cm³/mol. The van der Waals surface area contributed by atoms with Crippen LogP contribution in [0, 0.1) is 11.7 Å². The molecule has 2 aliphatic rings. The molecule has 2 aliphatic heterocycles. The number of fused-ring (bicyclic) bond motifs is 1. The average molecular weight is 456 g/mol. The van der Waals surface area contributed by atoms with E-state index in [1.807, 2.05) is 36.4 Å². The number of hydrogen-bond acceptors (Lipinski definition) is 4. The molecule has 32 heavy (non-hydrogen) atoms. The van der Waals surface area contributed by atoms with Crippen molar-refractivity contribution in [2.45, 2.75) is 18.9 Å². The van der Waals surface area contributed by atoms with Crippen molar-refractivity contribution < 1.29 is 18.6 Å². The highest BCUT2D eigenvalue weighted by atomic mass is 35.5. The van der Waals surface area contributed by atoms with Crippen LogP contribution in [0.5, 0.6) is 17.2 Å². The first-order chi connectivity index (χ1) is 15.2. The largest absolute Gasteiger partial charge is 0.493 e. The van der Waals surface area contributed by atoms with Crippen LogP contribution < -0.4 is 14.2 Å². The van der Waals surface area contributed by atoms with E-state index < -0.39 is 0 Å². The molecule has 2 atom stereocenters. The molecular weight excluding hydrogens is 429 g/mol. The Balaban J connectivity index is 0.00000245. The van der Waals surface area contributed by atoms with Gasteiger partial charge in [0.2, 0.25) is 6.79 Å². The fourth-order valence-electron chi connectivity index (χ4n) is 4.58. The molecule has 168 valence electrons. The number of ether oxygens (including phenoxy) is 3. The van der Waals surface area contributed by atoms with E-state index in [0.29, 0.717) is 18.4 Å². The number of benzene rings is 3. The number of nitrogens with zero attached hydrogens (tertiary/aromatic N) is 1. The van der Waals surface area contributed by atoms with Crippen LogP contribution in [-0.2, 0) is 6.54 Å². The summed E-state index contributed by atoms with van der Waals surface area (Å²) in [4.78, 5) is 2.49. The third kappa shape index (κ3) is 5.17. The molecule has 1 fully saturated rings. The van der Waals surface area contributed by atoms with Gasteiger partial charge in [-0.3, -0.25) is 4.90 Å². The van der Waals surface area contributed by atoms with Gasteiger partial charge in [0.1, 0.15) is 11.6 Å². The maximum Gasteiger partial charge on any atom is 0.231 e. The van der Waals surface area contributed by atoms with Crippen LogP contribution in [0.25, 0.3) is 0 Å². The van der Waals surface area contributed by atoms with Gasteiger partial charge in [0.05, 0.1) is 6.61 Å². The van der Waals surface area contributed by atoms with Gasteiger partial charge in [-0.25, -0.2) is 4.39 Å². The molecule has 3 aromatic rings. The molecule has 0 N–H and O–H groups in total. The predicted octanol–water partition coefficient (Wildman–Crippen LogP) is 5.66. The van der Waals surface area contributed by atoms with E-state index in [-0.39, 0.29) is 25.0 Å². The van der Waals surface area contributed by atoms with E-state index in [2.05, 4.69) is 29.2 Å². The van der Waals surface area contributed by atoms with Crippen LogP contribution in [0.3, 0.4) is 0 Å². The zero-order valence-electron chi connectivity index (χ0n) is 17.8. The molecule has 0 radical (unpaired) electrons. The number of likely N-dealkylation sites (tertiary alicyclic amines) is 1. The molecule has 0 aliphatic carbocycles. The van der Waals surface area contributed by atoms with Crippen molar-refractivity contribution in [2.75, 3.05) is 26.5 Å². The van der Waals surface area contributed by atoms with Gasteiger partial charge in [0.15, 0.2) is 11.5 Å². The summed E-state index contributed by atoms with van der Waals surface area (Å²) >= 11 is 0.